The van der Waals surface area contributed by atoms with Crippen LogP contribution in [-0.2, 0) is 0 Å². The minimum Gasteiger partial charge on any atom is -0.455 e. The van der Waals surface area contributed by atoms with Crippen LogP contribution in [-0.4, -0.2) is 9.13 Å². The Morgan fingerprint density at radius 1 is 0.395 bits per heavy atom. The van der Waals surface area contributed by atoms with Crippen molar-refractivity contribution in [1.29, 1.82) is 0 Å². The Bertz CT molecular complexity index is 2680. The number of aromatic nitrogens is 2. The van der Waals surface area contributed by atoms with Crippen LogP contribution in [0.4, 0.5) is 0 Å². The van der Waals surface area contributed by atoms with Crippen molar-refractivity contribution in [2.45, 2.75) is 0 Å². The molecule has 0 unspecified atom stereocenters. The number of nitrogens with zero attached hydrogens (tertiary/aromatic N) is 2. The van der Waals surface area contributed by atoms with E-state index in [0.29, 0.717) is 0 Å². The maximum atomic E-state index is 6.66. The number of hydrogen-bond acceptors (Lipinski definition) is 1. The largest absolute Gasteiger partial charge is 0.455 e. The first-order valence-corrected chi connectivity index (χ1v) is 14.7. The molecule has 0 fully saturated rings. The minimum absolute atomic E-state index is 0.912. The summed E-state index contributed by atoms with van der Waals surface area (Å²) in [5.41, 5.74) is 8.84. The van der Waals surface area contributed by atoms with Crippen molar-refractivity contribution in [1.82, 2.24) is 9.13 Å². The summed E-state index contributed by atoms with van der Waals surface area (Å²) in [4.78, 5) is 0. The van der Waals surface area contributed by atoms with E-state index in [-0.39, 0.29) is 0 Å². The van der Waals surface area contributed by atoms with Crippen LogP contribution in [0.15, 0.2) is 150 Å². The van der Waals surface area contributed by atoms with E-state index in [4.69, 9.17) is 4.42 Å². The van der Waals surface area contributed by atoms with Crippen LogP contribution in [0.25, 0.3) is 87.7 Å². The monoisotopic (exact) mass is 548 g/mol. The average molecular weight is 549 g/mol. The second-order valence-electron chi connectivity index (χ2n) is 11.3. The number of benzene rings is 7. The molecule has 3 heteroatoms. The van der Waals surface area contributed by atoms with Gasteiger partial charge in [-0.3, -0.25) is 0 Å². The molecule has 0 aliphatic carbocycles. The highest BCUT2D eigenvalue weighted by molar-refractivity contribution is 6.24. The third kappa shape index (κ3) is 3.03. The molecule has 10 aromatic rings. The van der Waals surface area contributed by atoms with Crippen LogP contribution >= 0.6 is 0 Å². The Kier molecular flexibility index (Phi) is 4.45. The molecule has 0 saturated heterocycles. The Labute approximate surface area is 246 Å². The number of rotatable bonds is 2. The zero-order valence-corrected chi connectivity index (χ0v) is 23.2. The van der Waals surface area contributed by atoms with Crippen molar-refractivity contribution in [3.8, 4) is 11.4 Å². The third-order valence-corrected chi connectivity index (χ3v) is 9.10. The molecule has 0 radical (unpaired) electrons. The van der Waals surface area contributed by atoms with Gasteiger partial charge < -0.3 is 13.6 Å². The summed E-state index contributed by atoms with van der Waals surface area (Å²) >= 11 is 0. The van der Waals surface area contributed by atoms with Gasteiger partial charge in [-0.25, -0.2) is 0 Å². The minimum atomic E-state index is 0.912. The molecule has 10 rings (SSSR count). The van der Waals surface area contributed by atoms with Gasteiger partial charge in [-0.15, -0.1) is 0 Å². The number of hydrogen-bond donors (Lipinski definition) is 0. The van der Waals surface area contributed by atoms with Crippen LogP contribution in [0.3, 0.4) is 0 Å². The number of fused-ring (bicyclic) bond motifs is 11. The molecular formula is C40H24N2O. The zero-order valence-electron chi connectivity index (χ0n) is 23.2. The first kappa shape index (κ1) is 22.8. The molecular weight excluding hydrogens is 524 g/mol. The van der Waals surface area contributed by atoms with E-state index in [1.807, 2.05) is 6.07 Å². The van der Waals surface area contributed by atoms with Crippen LogP contribution in [0, 0.1) is 0 Å². The number of furan rings is 1. The smallest absolute Gasteiger partial charge is 0.145 e. The van der Waals surface area contributed by atoms with Crippen LogP contribution in [0.1, 0.15) is 0 Å². The quantitative estimate of drug-likeness (QED) is 0.211. The highest BCUT2D eigenvalue weighted by atomic mass is 16.3. The predicted molar refractivity (Wildman–Crippen MR) is 180 cm³/mol. The Hall–Kier alpha value is -5.80. The molecule has 3 aromatic heterocycles. The van der Waals surface area contributed by atoms with E-state index in [2.05, 4.69) is 149 Å². The van der Waals surface area contributed by atoms with Gasteiger partial charge in [0.1, 0.15) is 11.2 Å². The summed E-state index contributed by atoms with van der Waals surface area (Å²) in [6.45, 7) is 0. The van der Waals surface area contributed by atoms with Gasteiger partial charge in [0.15, 0.2) is 0 Å². The summed E-state index contributed by atoms with van der Waals surface area (Å²) in [5, 5.41) is 9.56. The third-order valence-electron chi connectivity index (χ3n) is 9.10. The van der Waals surface area contributed by atoms with Crippen LogP contribution in [0.5, 0.6) is 0 Å². The van der Waals surface area contributed by atoms with E-state index >= 15 is 0 Å². The van der Waals surface area contributed by atoms with E-state index in [9.17, 15) is 0 Å². The molecule has 7 aromatic carbocycles. The van der Waals surface area contributed by atoms with Crippen LogP contribution < -0.4 is 0 Å². The van der Waals surface area contributed by atoms with Crippen molar-refractivity contribution in [3.63, 3.8) is 0 Å². The normalized spacial score (nSPS) is 12.2. The summed E-state index contributed by atoms with van der Waals surface area (Å²) in [5.74, 6) is 0. The average Bonchev–Trinajstić information content (AvgIpc) is 3.72. The van der Waals surface area contributed by atoms with Crippen molar-refractivity contribution in [2.75, 3.05) is 0 Å². The molecule has 0 spiro atoms. The molecule has 3 heterocycles. The molecule has 0 aliphatic rings. The molecule has 0 bridgehead atoms. The van der Waals surface area contributed by atoms with Crippen molar-refractivity contribution < 1.29 is 4.42 Å². The zero-order chi connectivity index (χ0) is 28.1. The highest BCUT2D eigenvalue weighted by Crippen LogP contribution is 2.42. The van der Waals surface area contributed by atoms with Crippen LogP contribution in [0.2, 0.25) is 0 Å². The fraction of sp³-hybridized carbons (Fsp3) is 0. The Morgan fingerprint density at radius 2 is 1.02 bits per heavy atom. The SMILES string of the molecule is c1ccc2c(-n3c4ccc(-n5c6ccccc6c6ccccc65)cc4c4c5oc6ccccc6c5ccc43)cccc2c1. The highest BCUT2D eigenvalue weighted by Gasteiger charge is 2.21. The lowest BCUT2D eigenvalue weighted by Crippen LogP contribution is -1.96. The molecule has 0 N–H and O–H groups in total. The maximum absolute atomic E-state index is 6.66. The molecule has 0 saturated carbocycles. The molecule has 0 atom stereocenters. The topological polar surface area (TPSA) is 23.0 Å². The first-order chi connectivity index (χ1) is 21.3. The van der Waals surface area contributed by atoms with Gasteiger partial charge in [0.05, 0.1) is 33.1 Å². The van der Waals surface area contributed by atoms with E-state index < -0.39 is 0 Å². The Morgan fingerprint density at radius 3 is 1.84 bits per heavy atom. The van der Waals surface area contributed by atoms with E-state index in [0.717, 1.165) is 49.7 Å². The Balaban J connectivity index is 1.39. The molecule has 43 heavy (non-hydrogen) atoms. The molecule has 0 aliphatic heterocycles. The van der Waals surface area contributed by atoms with Gasteiger partial charge >= 0.3 is 0 Å². The van der Waals surface area contributed by atoms with Gasteiger partial charge in [0.25, 0.3) is 0 Å². The van der Waals surface area contributed by atoms with Gasteiger partial charge in [-0.05, 0) is 60.0 Å². The lowest BCUT2D eigenvalue weighted by molar-refractivity contribution is 0.673. The summed E-state index contributed by atoms with van der Waals surface area (Å²) in [6.07, 6.45) is 0. The fourth-order valence-electron chi connectivity index (χ4n) is 7.28. The van der Waals surface area contributed by atoms with Crippen molar-refractivity contribution in [2.24, 2.45) is 0 Å². The molecule has 0 amide bonds. The second-order valence-corrected chi connectivity index (χ2v) is 11.3. The summed E-state index contributed by atoms with van der Waals surface area (Å²) in [7, 11) is 0. The first-order valence-electron chi connectivity index (χ1n) is 14.7. The van der Waals surface area contributed by atoms with Gasteiger partial charge in [-0.1, -0.05) is 91.0 Å². The fourth-order valence-corrected chi connectivity index (χ4v) is 7.28. The van der Waals surface area contributed by atoms with E-state index in [1.54, 1.807) is 0 Å². The summed E-state index contributed by atoms with van der Waals surface area (Å²) in [6, 6.07) is 52.3. The standard InChI is InChI=1S/C40H24N2O/c1-2-12-27-25(10-1)11-9-18-33(27)42-36-22-20-26(41-34-16-6-3-13-28(34)29-14-4-7-17-35(29)41)24-32(36)39-37(42)23-21-31-30-15-5-8-19-38(30)43-40(31)39/h1-24H. The molecule has 200 valence electrons. The lowest BCUT2D eigenvalue weighted by Gasteiger charge is -2.12. The van der Waals surface area contributed by atoms with E-state index in [1.165, 1.54) is 38.0 Å². The summed E-state index contributed by atoms with van der Waals surface area (Å²) < 4.78 is 11.5. The van der Waals surface area contributed by atoms with Gasteiger partial charge in [0.2, 0.25) is 0 Å². The molecule has 3 nitrogen and oxygen atoms in total. The lowest BCUT2D eigenvalue weighted by atomic mass is 10.1. The maximum Gasteiger partial charge on any atom is 0.145 e. The van der Waals surface area contributed by atoms with Crippen molar-refractivity contribution >= 4 is 76.3 Å². The second kappa shape index (κ2) is 8.37. The predicted octanol–water partition coefficient (Wildman–Crippen LogP) is 10.9. The number of para-hydroxylation sites is 3. The van der Waals surface area contributed by atoms with Gasteiger partial charge in [-0.2, -0.15) is 0 Å². The van der Waals surface area contributed by atoms with Crippen molar-refractivity contribution in [3.05, 3.63) is 146 Å². The van der Waals surface area contributed by atoms with Gasteiger partial charge in [0, 0.05) is 38.0 Å².